The molecule has 0 aliphatic heterocycles. The summed E-state index contributed by atoms with van der Waals surface area (Å²) in [6.45, 7) is 4.77. The van der Waals surface area contributed by atoms with Crippen LogP contribution in [0.5, 0.6) is 0 Å². The maximum atomic E-state index is 11.9. The molecule has 0 spiro atoms. The minimum Gasteiger partial charge on any atom is -0.341 e. The molecule has 0 rings (SSSR count). The number of carbonyl (C=O) groups excluding carboxylic acids is 1. The van der Waals surface area contributed by atoms with Crippen LogP contribution in [0.3, 0.4) is 0 Å². The molecule has 0 bridgehead atoms. The fraction of sp³-hybridized carbons (Fsp3) is 0.923. The maximum Gasteiger partial charge on any atom is 0.239 e. The van der Waals surface area contributed by atoms with Gasteiger partial charge in [0, 0.05) is 13.1 Å². The van der Waals surface area contributed by atoms with Crippen LogP contribution in [-0.4, -0.2) is 43.0 Å². The fourth-order valence-corrected chi connectivity index (χ4v) is 1.87. The van der Waals surface area contributed by atoms with E-state index in [9.17, 15) is 4.79 Å². The SMILES string of the molecule is C[C@H](N)C(=O)N(CCCCCN)CCCCCN. The molecule has 1 atom stereocenters. The standard InChI is InChI=1S/C13H30N4O/c1-12(16)13(18)17(10-6-2-4-8-14)11-7-3-5-9-15/h12H,2-11,14-16H2,1H3/t12-/m0/s1. The van der Waals surface area contributed by atoms with Crippen molar-refractivity contribution in [3.8, 4) is 0 Å². The van der Waals surface area contributed by atoms with Gasteiger partial charge in [-0.3, -0.25) is 4.79 Å². The Hall–Kier alpha value is -0.650. The zero-order valence-electron chi connectivity index (χ0n) is 11.7. The Bertz CT molecular complexity index is 197. The normalized spacial score (nSPS) is 12.4. The van der Waals surface area contributed by atoms with E-state index in [-0.39, 0.29) is 5.91 Å². The topological polar surface area (TPSA) is 98.4 Å². The molecule has 0 heterocycles. The summed E-state index contributed by atoms with van der Waals surface area (Å²) >= 11 is 0. The van der Waals surface area contributed by atoms with Gasteiger partial charge in [0.1, 0.15) is 0 Å². The first-order chi connectivity index (χ1) is 8.63. The average Bonchev–Trinajstić information content (AvgIpc) is 2.36. The van der Waals surface area contributed by atoms with E-state index in [0.717, 1.165) is 64.7 Å². The van der Waals surface area contributed by atoms with Crippen LogP contribution in [-0.2, 0) is 4.79 Å². The lowest BCUT2D eigenvalue weighted by molar-refractivity contribution is -0.132. The number of nitrogens with zero attached hydrogens (tertiary/aromatic N) is 1. The zero-order valence-corrected chi connectivity index (χ0v) is 11.7. The van der Waals surface area contributed by atoms with Crippen molar-refractivity contribution in [1.82, 2.24) is 4.90 Å². The van der Waals surface area contributed by atoms with Gasteiger partial charge in [-0.25, -0.2) is 0 Å². The predicted octanol–water partition coefficient (Wildman–Crippen LogP) is 0.420. The Balaban J connectivity index is 3.96. The molecule has 0 saturated heterocycles. The second-order valence-corrected chi connectivity index (χ2v) is 4.81. The number of hydrogen-bond donors (Lipinski definition) is 3. The Morgan fingerprint density at radius 3 is 1.72 bits per heavy atom. The van der Waals surface area contributed by atoms with Gasteiger partial charge in [0.05, 0.1) is 6.04 Å². The van der Waals surface area contributed by atoms with Gasteiger partial charge < -0.3 is 22.1 Å². The molecule has 0 saturated carbocycles. The maximum absolute atomic E-state index is 11.9. The molecule has 5 heteroatoms. The van der Waals surface area contributed by atoms with Crippen molar-refractivity contribution in [2.24, 2.45) is 17.2 Å². The smallest absolute Gasteiger partial charge is 0.239 e. The highest BCUT2D eigenvalue weighted by molar-refractivity contribution is 5.81. The molecule has 18 heavy (non-hydrogen) atoms. The van der Waals surface area contributed by atoms with Crippen LogP contribution >= 0.6 is 0 Å². The first-order valence-electron chi connectivity index (χ1n) is 7.08. The van der Waals surface area contributed by atoms with Crippen molar-refractivity contribution in [2.45, 2.75) is 51.5 Å². The fourth-order valence-electron chi connectivity index (χ4n) is 1.87. The van der Waals surface area contributed by atoms with Crippen molar-refractivity contribution in [2.75, 3.05) is 26.2 Å². The summed E-state index contributed by atoms with van der Waals surface area (Å²) < 4.78 is 0. The molecule has 5 nitrogen and oxygen atoms in total. The van der Waals surface area contributed by atoms with Crippen LogP contribution in [0.25, 0.3) is 0 Å². The Morgan fingerprint density at radius 1 is 0.944 bits per heavy atom. The van der Waals surface area contributed by atoms with E-state index in [2.05, 4.69) is 0 Å². The van der Waals surface area contributed by atoms with Crippen molar-refractivity contribution in [3.05, 3.63) is 0 Å². The lowest BCUT2D eigenvalue weighted by Gasteiger charge is -2.24. The molecule has 6 N–H and O–H groups in total. The third-order valence-electron chi connectivity index (χ3n) is 2.97. The lowest BCUT2D eigenvalue weighted by atomic mass is 10.2. The summed E-state index contributed by atoms with van der Waals surface area (Å²) in [6, 6.07) is -0.408. The highest BCUT2D eigenvalue weighted by atomic mass is 16.2. The summed E-state index contributed by atoms with van der Waals surface area (Å²) in [7, 11) is 0. The van der Waals surface area contributed by atoms with E-state index >= 15 is 0 Å². The number of nitrogens with two attached hydrogens (primary N) is 3. The minimum absolute atomic E-state index is 0.0514. The molecule has 1 amide bonds. The number of carbonyl (C=O) groups is 1. The molecule has 0 aromatic heterocycles. The third-order valence-corrected chi connectivity index (χ3v) is 2.97. The van der Waals surface area contributed by atoms with E-state index in [4.69, 9.17) is 17.2 Å². The molecule has 0 fully saturated rings. The van der Waals surface area contributed by atoms with Crippen LogP contribution < -0.4 is 17.2 Å². The monoisotopic (exact) mass is 258 g/mol. The highest BCUT2D eigenvalue weighted by Crippen LogP contribution is 2.04. The molecular formula is C13H30N4O. The minimum atomic E-state index is -0.408. The molecule has 0 radical (unpaired) electrons. The summed E-state index contributed by atoms with van der Waals surface area (Å²) in [5.74, 6) is 0.0514. The van der Waals surface area contributed by atoms with Gasteiger partial charge >= 0.3 is 0 Å². The number of unbranched alkanes of at least 4 members (excludes halogenated alkanes) is 4. The van der Waals surface area contributed by atoms with Gasteiger partial charge in [0.15, 0.2) is 0 Å². The van der Waals surface area contributed by atoms with Crippen molar-refractivity contribution in [3.63, 3.8) is 0 Å². The third kappa shape index (κ3) is 8.44. The van der Waals surface area contributed by atoms with E-state index in [0.29, 0.717) is 0 Å². The van der Waals surface area contributed by atoms with Gasteiger partial charge in [-0.1, -0.05) is 12.8 Å². The average molecular weight is 258 g/mol. The predicted molar refractivity (Wildman–Crippen MR) is 76.0 cm³/mol. The molecule has 0 unspecified atom stereocenters. The Kier molecular flexibility index (Phi) is 11.0. The summed E-state index contributed by atoms with van der Waals surface area (Å²) in [6.07, 6.45) is 6.20. The van der Waals surface area contributed by atoms with Crippen LogP contribution in [0, 0.1) is 0 Å². The van der Waals surface area contributed by atoms with E-state index in [1.807, 2.05) is 4.90 Å². The summed E-state index contributed by atoms with van der Waals surface area (Å²) in [5, 5.41) is 0. The van der Waals surface area contributed by atoms with Crippen LogP contribution in [0.4, 0.5) is 0 Å². The summed E-state index contributed by atoms with van der Waals surface area (Å²) in [5.41, 5.74) is 16.6. The van der Waals surface area contributed by atoms with Crippen LogP contribution in [0.1, 0.15) is 45.4 Å². The van der Waals surface area contributed by atoms with E-state index < -0.39 is 6.04 Å². The van der Waals surface area contributed by atoms with Gasteiger partial charge in [0.25, 0.3) is 0 Å². The highest BCUT2D eigenvalue weighted by Gasteiger charge is 2.16. The largest absolute Gasteiger partial charge is 0.341 e. The first kappa shape index (κ1) is 17.4. The molecule has 0 aliphatic rings. The molecule has 0 aliphatic carbocycles. The second kappa shape index (κ2) is 11.4. The van der Waals surface area contributed by atoms with Crippen molar-refractivity contribution >= 4 is 5.91 Å². The quantitative estimate of drug-likeness (QED) is 0.468. The molecule has 0 aromatic rings. The number of hydrogen-bond acceptors (Lipinski definition) is 4. The number of rotatable bonds is 11. The lowest BCUT2D eigenvalue weighted by Crippen LogP contribution is -2.43. The Morgan fingerprint density at radius 2 is 1.39 bits per heavy atom. The first-order valence-corrected chi connectivity index (χ1v) is 7.08. The van der Waals surface area contributed by atoms with Gasteiger partial charge in [-0.15, -0.1) is 0 Å². The van der Waals surface area contributed by atoms with Crippen molar-refractivity contribution in [1.29, 1.82) is 0 Å². The molecular weight excluding hydrogens is 228 g/mol. The molecule has 108 valence electrons. The second-order valence-electron chi connectivity index (χ2n) is 4.81. The van der Waals surface area contributed by atoms with Gasteiger partial charge in [-0.05, 0) is 45.7 Å². The van der Waals surface area contributed by atoms with Crippen LogP contribution in [0.2, 0.25) is 0 Å². The van der Waals surface area contributed by atoms with E-state index in [1.54, 1.807) is 6.92 Å². The Labute approximate surface area is 111 Å². The van der Waals surface area contributed by atoms with Crippen LogP contribution in [0.15, 0.2) is 0 Å². The van der Waals surface area contributed by atoms with Crippen molar-refractivity contribution < 1.29 is 4.79 Å². The van der Waals surface area contributed by atoms with E-state index in [1.165, 1.54) is 0 Å². The molecule has 0 aromatic carbocycles. The van der Waals surface area contributed by atoms with Gasteiger partial charge in [0.2, 0.25) is 5.91 Å². The summed E-state index contributed by atoms with van der Waals surface area (Å²) in [4.78, 5) is 13.8. The zero-order chi connectivity index (χ0) is 13.8. The number of amides is 1. The van der Waals surface area contributed by atoms with Gasteiger partial charge in [-0.2, -0.15) is 0 Å².